The third kappa shape index (κ3) is 3.82. The van der Waals surface area contributed by atoms with Gasteiger partial charge in [0, 0.05) is 12.6 Å². The molecule has 1 aromatic heterocycles. The maximum atomic E-state index is 12.2. The minimum Gasteiger partial charge on any atom is -0.497 e. The number of nitrogens with one attached hydrogen (secondary N) is 3. The van der Waals surface area contributed by atoms with Crippen LogP contribution in [0.1, 0.15) is 21.8 Å². The molecule has 0 unspecified atom stereocenters. The van der Waals surface area contributed by atoms with Gasteiger partial charge in [-0.25, -0.2) is 9.78 Å². The van der Waals surface area contributed by atoms with Crippen LogP contribution in [0.2, 0.25) is 0 Å². The molecule has 2 heterocycles. The summed E-state index contributed by atoms with van der Waals surface area (Å²) in [6.07, 6.45) is 1.54. The van der Waals surface area contributed by atoms with Gasteiger partial charge in [0.05, 0.1) is 25.6 Å². The highest BCUT2D eigenvalue weighted by Crippen LogP contribution is 2.30. The summed E-state index contributed by atoms with van der Waals surface area (Å²) in [4.78, 5) is 29.1. The number of rotatable bonds is 4. The number of amides is 3. The van der Waals surface area contributed by atoms with E-state index in [0.717, 1.165) is 12.1 Å². The number of fused-ring (bicyclic) bond motifs is 1. The standard InChI is InChI=1S/C16H18N4O4S/c1-23-9-5-6-10(12(8-9)24-2)18-15(22)20-16-19-11-4-3-7-17-14(21)13(11)25-16/h5-6,8H,3-4,7H2,1-2H3,(H,17,21)(H2,18,19,20,22). The fourth-order valence-corrected chi connectivity index (χ4v) is 3.37. The van der Waals surface area contributed by atoms with E-state index in [1.807, 2.05) is 0 Å². The molecule has 0 saturated carbocycles. The molecule has 132 valence electrons. The first-order chi connectivity index (χ1) is 12.1. The van der Waals surface area contributed by atoms with Gasteiger partial charge in [0.2, 0.25) is 0 Å². The number of ether oxygens (including phenoxy) is 2. The summed E-state index contributed by atoms with van der Waals surface area (Å²) in [7, 11) is 3.06. The molecule has 25 heavy (non-hydrogen) atoms. The van der Waals surface area contributed by atoms with Gasteiger partial charge in [-0.15, -0.1) is 0 Å². The van der Waals surface area contributed by atoms with E-state index in [1.165, 1.54) is 18.4 Å². The van der Waals surface area contributed by atoms with E-state index in [1.54, 1.807) is 25.3 Å². The van der Waals surface area contributed by atoms with E-state index in [0.29, 0.717) is 40.2 Å². The van der Waals surface area contributed by atoms with E-state index in [9.17, 15) is 9.59 Å². The minimum atomic E-state index is -0.465. The van der Waals surface area contributed by atoms with Crippen LogP contribution in [-0.4, -0.2) is 37.7 Å². The normalized spacial score (nSPS) is 13.3. The van der Waals surface area contributed by atoms with Crippen LogP contribution >= 0.6 is 11.3 Å². The number of thiazole rings is 1. The topological polar surface area (TPSA) is 102 Å². The Labute approximate surface area is 148 Å². The molecule has 0 aliphatic carbocycles. The number of methoxy groups -OCH3 is 2. The lowest BCUT2D eigenvalue weighted by Crippen LogP contribution is -2.21. The number of hydrogen-bond donors (Lipinski definition) is 3. The number of benzene rings is 1. The van der Waals surface area contributed by atoms with Crippen molar-refractivity contribution in [1.82, 2.24) is 10.3 Å². The minimum absolute atomic E-state index is 0.143. The van der Waals surface area contributed by atoms with Crippen LogP contribution in [0, 0.1) is 0 Å². The summed E-state index contributed by atoms with van der Waals surface area (Å²) in [6, 6.07) is 4.61. The van der Waals surface area contributed by atoms with Gasteiger partial charge in [0.1, 0.15) is 16.4 Å². The Morgan fingerprint density at radius 2 is 2.12 bits per heavy atom. The summed E-state index contributed by atoms with van der Waals surface area (Å²) < 4.78 is 10.4. The van der Waals surface area contributed by atoms with E-state index in [4.69, 9.17) is 9.47 Å². The molecule has 2 aromatic rings. The van der Waals surface area contributed by atoms with E-state index in [-0.39, 0.29) is 5.91 Å². The Balaban J connectivity index is 1.71. The molecule has 0 radical (unpaired) electrons. The molecule has 9 heteroatoms. The van der Waals surface area contributed by atoms with Crippen LogP contribution in [-0.2, 0) is 6.42 Å². The quantitative estimate of drug-likeness (QED) is 0.776. The van der Waals surface area contributed by atoms with Crippen molar-refractivity contribution in [3.05, 3.63) is 28.8 Å². The molecule has 0 saturated heterocycles. The third-order valence-corrected chi connectivity index (χ3v) is 4.67. The van der Waals surface area contributed by atoms with Crippen molar-refractivity contribution >= 4 is 34.1 Å². The molecule has 1 aliphatic rings. The number of carbonyl (C=O) groups is 2. The highest BCUT2D eigenvalue weighted by Gasteiger charge is 2.21. The van der Waals surface area contributed by atoms with Crippen molar-refractivity contribution in [3.8, 4) is 11.5 Å². The van der Waals surface area contributed by atoms with Crippen molar-refractivity contribution in [1.29, 1.82) is 0 Å². The van der Waals surface area contributed by atoms with Gasteiger partial charge < -0.3 is 20.1 Å². The third-order valence-electron chi connectivity index (χ3n) is 3.66. The van der Waals surface area contributed by atoms with Gasteiger partial charge >= 0.3 is 6.03 Å². The summed E-state index contributed by atoms with van der Waals surface area (Å²) in [5.41, 5.74) is 1.22. The van der Waals surface area contributed by atoms with Crippen molar-refractivity contribution in [2.24, 2.45) is 0 Å². The molecule has 1 aliphatic heterocycles. The molecule has 0 spiro atoms. The van der Waals surface area contributed by atoms with E-state index in [2.05, 4.69) is 20.9 Å². The van der Waals surface area contributed by atoms with Gasteiger partial charge in [0.25, 0.3) is 5.91 Å². The predicted molar refractivity (Wildman–Crippen MR) is 95.0 cm³/mol. The molecule has 8 nitrogen and oxygen atoms in total. The molecule has 0 fully saturated rings. The Bertz CT molecular complexity index is 805. The van der Waals surface area contributed by atoms with Crippen LogP contribution in [0.5, 0.6) is 11.5 Å². The first-order valence-electron chi connectivity index (χ1n) is 7.68. The average Bonchev–Trinajstić information content (AvgIpc) is 2.93. The maximum absolute atomic E-state index is 12.2. The zero-order valence-corrected chi connectivity index (χ0v) is 14.7. The van der Waals surface area contributed by atoms with Gasteiger partial charge in [-0.1, -0.05) is 11.3 Å². The zero-order chi connectivity index (χ0) is 17.8. The van der Waals surface area contributed by atoms with Gasteiger partial charge in [-0.3, -0.25) is 10.1 Å². The van der Waals surface area contributed by atoms with Crippen LogP contribution < -0.4 is 25.4 Å². The van der Waals surface area contributed by atoms with Crippen molar-refractivity contribution in [3.63, 3.8) is 0 Å². The molecule has 0 bridgehead atoms. The van der Waals surface area contributed by atoms with Crippen molar-refractivity contribution in [2.45, 2.75) is 12.8 Å². The monoisotopic (exact) mass is 362 g/mol. The lowest BCUT2D eigenvalue weighted by molar-refractivity contribution is 0.0960. The first kappa shape index (κ1) is 17.0. The molecule has 3 N–H and O–H groups in total. The largest absolute Gasteiger partial charge is 0.497 e. The van der Waals surface area contributed by atoms with Gasteiger partial charge in [0.15, 0.2) is 5.13 Å². The molecule has 0 atom stereocenters. The van der Waals surface area contributed by atoms with Crippen LogP contribution in [0.15, 0.2) is 18.2 Å². The van der Waals surface area contributed by atoms with Crippen LogP contribution in [0.4, 0.5) is 15.6 Å². The Morgan fingerprint density at radius 3 is 2.88 bits per heavy atom. The Hall–Kier alpha value is -2.81. The summed E-state index contributed by atoms with van der Waals surface area (Å²) in [6.45, 7) is 0.641. The second kappa shape index (κ2) is 7.39. The van der Waals surface area contributed by atoms with Gasteiger partial charge in [-0.2, -0.15) is 0 Å². The lowest BCUT2D eigenvalue weighted by atomic mass is 10.2. The molecule has 3 rings (SSSR count). The fourth-order valence-electron chi connectivity index (χ4n) is 2.44. The average molecular weight is 362 g/mol. The number of urea groups is 1. The number of carbonyl (C=O) groups excluding carboxylic acids is 2. The second-order valence-corrected chi connectivity index (χ2v) is 6.30. The number of aryl methyl sites for hydroxylation is 1. The predicted octanol–water partition coefficient (Wildman–Crippen LogP) is 2.48. The highest BCUT2D eigenvalue weighted by molar-refractivity contribution is 7.17. The number of aromatic nitrogens is 1. The Kier molecular flexibility index (Phi) is 5.03. The van der Waals surface area contributed by atoms with Crippen LogP contribution in [0.25, 0.3) is 0 Å². The zero-order valence-electron chi connectivity index (χ0n) is 13.8. The second-order valence-electron chi connectivity index (χ2n) is 5.30. The molecular formula is C16H18N4O4S. The van der Waals surface area contributed by atoms with Crippen LogP contribution in [0.3, 0.4) is 0 Å². The number of hydrogen-bond acceptors (Lipinski definition) is 6. The fraction of sp³-hybridized carbons (Fsp3) is 0.312. The number of nitrogens with zero attached hydrogens (tertiary/aromatic N) is 1. The molecular weight excluding hydrogens is 344 g/mol. The van der Waals surface area contributed by atoms with E-state index >= 15 is 0 Å². The van der Waals surface area contributed by atoms with E-state index < -0.39 is 6.03 Å². The maximum Gasteiger partial charge on any atom is 0.325 e. The molecule has 3 amide bonds. The highest BCUT2D eigenvalue weighted by atomic mass is 32.1. The summed E-state index contributed by atoms with van der Waals surface area (Å²) in [5, 5.41) is 8.55. The van der Waals surface area contributed by atoms with Crippen molar-refractivity contribution < 1.29 is 19.1 Å². The number of anilines is 2. The van der Waals surface area contributed by atoms with Crippen molar-refractivity contribution in [2.75, 3.05) is 31.4 Å². The lowest BCUT2D eigenvalue weighted by Gasteiger charge is -2.11. The Morgan fingerprint density at radius 1 is 1.28 bits per heavy atom. The summed E-state index contributed by atoms with van der Waals surface area (Å²) in [5.74, 6) is 0.955. The SMILES string of the molecule is COc1ccc(NC(=O)Nc2nc3c(s2)C(=O)NCCC3)c(OC)c1. The smallest absolute Gasteiger partial charge is 0.325 e. The first-order valence-corrected chi connectivity index (χ1v) is 8.50. The molecule has 1 aromatic carbocycles. The summed E-state index contributed by atoms with van der Waals surface area (Å²) >= 11 is 1.17. The van der Waals surface area contributed by atoms with Gasteiger partial charge in [-0.05, 0) is 25.0 Å².